The fraction of sp³-hybridized carbons (Fsp3) is 0.211. The van der Waals surface area contributed by atoms with Crippen molar-refractivity contribution in [3.63, 3.8) is 0 Å². The second-order valence-electron chi connectivity index (χ2n) is 6.04. The molecule has 0 bridgehead atoms. The summed E-state index contributed by atoms with van der Waals surface area (Å²) in [6.45, 7) is 4.11. The Morgan fingerprint density at radius 2 is 2.12 bits per heavy atom. The molecular weight excluding hydrogens is 337 g/mol. The standard InChI is InChI=1S/C19H18FN3O3/c1-12(2)18-22-6-7-23(18)19-13(4-3-5-21-19)11-26-17-9-14(20)8-16(25)15(17)10-24/h3-10,12,25H,11H2,1-2H3. The van der Waals surface area contributed by atoms with Gasteiger partial charge in [-0.15, -0.1) is 0 Å². The van der Waals surface area contributed by atoms with Crippen molar-refractivity contribution in [2.75, 3.05) is 0 Å². The highest BCUT2D eigenvalue weighted by Gasteiger charge is 2.15. The van der Waals surface area contributed by atoms with E-state index >= 15 is 0 Å². The molecule has 0 aliphatic rings. The van der Waals surface area contributed by atoms with E-state index in [0.717, 1.165) is 23.5 Å². The number of halogens is 1. The molecule has 134 valence electrons. The molecule has 0 radical (unpaired) electrons. The number of imidazole rings is 1. The first-order valence-electron chi connectivity index (χ1n) is 8.09. The van der Waals surface area contributed by atoms with Gasteiger partial charge in [-0.25, -0.2) is 14.4 Å². The van der Waals surface area contributed by atoms with Gasteiger partial charge < -0.3 is 9.84 Å². The molecule has 2 heterocycles. The fourth-order valence-electron chi connectivity index (χ4n) is 2.65. The molecule has 6 nitrogen and oxygen atoms in total. The highest BCUT2D eigenvalue weighted by molar-refractivity contribution is 5.83. The maximum absolute atomic E-state index is 13.5. The normalized spacial score (nSPS) is 10.9. The highest BCUT2D eigenvalue weighted by Crippen LogP contribution is 2.29. The number of aromatic nitrogens is 3. The Bertz CT molecular complexity index is 938. The first kappa shape index (κ1) is 17.6. The van der Waals surface area contributed by atoms with Crippen LogP contribution in [0.5, 0.6) is 11.5 Å². The smallest absolute Gasteiger partial charge is 0.157 e. The van der Waals surface area contributed by atoms with Crippen LogP contribution in [0.15, 0.2) is 42.9 Å². The highest BCUT2D eigenvalue weighted by atomic mass is 19.1. The van der Waals surface area contributed by atoms with Gasteiger partial charge in [0.25, 0.3) is 0 Å². The van der Waals surface area contributed by atoms with Crippen LogP contribution in [-0.2, 0) is 6.61 Å². The van der Waals surface area contributed by atoms with Crippen LogP contribution in [0, 0.1) is 5.82 Å². The molecule has 0 amide bonds. The summed E-state index contributed by atoms with van der Waals surface area (Å²) in [6, 6.07) is 5.52. The lowest BCUT2D eigenvalue weighted by atomic mass is 10.2. The molecule has 1 aromatic carbocycles. The first-order valence-corrected chi connectivity index (χ1v) is 8.09. The van der Waals surface area contributed by atoms with Crippen LogP contribution in [-0.4, -0.2) is 25.9 Å². The third kappa shape index (κ3) is 3.42. The Morgan fingerprint density at radius 1 is 1.31 bits per heavy atom. The van der Waals surface area contributed by atoms with Crippen molar-refractivity contribution >= 4 is 6.29 Å². The third-order valence-corrected chi connectivity index (χ3v) is 3.87. The van der Waals surface area contributed by atoms with Crippen molar-refractivity contribution in [1.29, 1.82) is 0 Å². The number of phenols is 1. The van der Waals surface area contributed by atoms with Gasteiger partial charge in [0.2, 0.25) is 0 Å². The average molecular weight is 355 g/mol. The number of rotatable bonds is 6. The van der Waals surface area contributed by atoms with E-state index in [4.69, 9.17) is 4.74 Å². The molecule has 1 N–H and O–H groups in total. The SMILES string of the molecule is CC(C)c1nccn1-c1ncccc1COc1cc(F)cc(O)c1C=O. The van der Waals surface area contributed by atoms with E-state index < -0.39 is 11.6 Å². The molecule has 7 heteroatoms. The van der Waals surface area contributed by atoms with E-state index in [9.17, 15) is 14.3 Å². The molecule has 3 rings (SSSR count). The number of phenolic OH excluding ortho intramolecular Hbond substituents is 1. The molecule has 3 aromatic rings. The number of hydrogen-bond donors (Lipinski definition) is 1. The number of pyridine rings is 1. The number of aromatic hydroxyl groups is 1. The van der Waals surface area contributed by atoms with Crippen LogP contribution in [0.2, 0.25) is 0 Å². The minimum absolute atomic E-state index is 0.0259. The van der Waals surface area contributed by atoms with Gasteiger partial charge in [-0.2, -0.15) is 0 Å². The molecule has 26 heavy (non-hydrogen) atoms. The lowest BCUT2D eigenvalue weighted by molar-refractivity contribution is 0.111. The second kappa shape index (κ2) is 7.35. The molecule has 0 aliphatic heterocycles. The van der Waals surface area contributed by atoms with E-state index in [0.29, 0.717) is 12.1 Å². The Morgan fingerprint density at radius 3 is 2.85 bits per heavy atom. The summed E-state index contributed by atoms with van der Waals surface area (Å²) in [4.78, 5) is 19.9. The van der Waals surface area contributed by atoms with E-state index in [1.54, 1.807) is 18.5 Å². The molecule has 0 atom stereocenters. The summed E-state index contributed by atoms with van der Waals surface area (Å²) < 4.78 is 21.0. The number of aldehydes is 1. The number of carbonyl (C=O) groups excluding carboxylic acids is 1. The van der Waals surface area contributed by atoms with Crippen LogP contribution in [0.3, 0.4) is 0 Å². The minimum Gasteiger partial charge on any atom is -0.507 e. The number of ether oxygens (including phenoxy) is 1. The number of carbonyl (C=O) groups is 1. The van der Waals surface area contributed by atoms with Crippen LogP contribution in [0.4, 0.5) is 4.39 Å². The molecule has 0 unspecified atom stereocenters. The van der Waals surface area contributed by atoms with Crippen LogP contribution in [0.1, 0.15) is 41.5 Å². The second-order valence-corrected chi connectivity index (χ2v) is 6.04. The quantitative estimate of drug-likeness (QED) is 0.683. The fourth-order valence-corrected chi connectivity index (χ4v) is 2.65. The van der Waals surface area contributed by atoms with Crippen LogP contribution >= 0.6 is 0 Å². The summed E-state index contributed by atoms with van der Waals surface area (Å²) >= 11 is 0. The maximum atomic E-state index is 13.5. The Kier molecular flexibility index (Phi) is 4.97. The lowest BCUT2D eigenvalue weighted by Crippen LogP contribution is -2.09. The maximum Gasteiger partial charge on any atom is 0.157 e. The monoisotopic (exact) mass is 355 g/mol. The molecular formula is C19H18FN3O3. The predicted octanol–water partition coefficient (Wildman–Crippen LogP) is 3.63. The summed E-state index contributed by atoms with van der Waals surface area (Å²) in [7, 11) is 0. The van der Waals surface area contributed by atoms with Crippen LogP contribution in [0.25, 0.3) is 5.82 Å². The zero-order valence-corrected chi connectivity index (χ0v) is 14.4. The van der Waals surface area contributed by atoms with E-state index in [1.807, 2.05) is 30.7 Å². The van der Waals surface area contributed by atoms with Gasteiger partial charge in [-0.1, -0.05) is 19.9 Å². The van der Waals surface area contributed by atoms with Gasteiger partial charge in [-0.05, 0) is 6.07 Å². The summed E-state index contributed by atoms with van der Waals surface area (Å²) in [6.07, 6.45) is 5.60. The Labute approximate surface area is 149 Å². The van der Waals surface area contributed by atoms with Gasteiger partial charge in [-0.3, -0.25) is 9.36 Å². The van der Waals surface area contributed by atoms with Crippen LogP contribution < -0.4 is 4.74 Å². The zero-order valence-electron chi connectivity index (χ0n) is 14.4. The Hall–Kier alpha value is -3.22. The van der Waals surface area contributed by atoms with E-state index in [1.165, 1.54) is 0 Å². The van der Waals surface area contributed by atoms with Crippen molar-refractivity contribution in [2.45, 2.75) is 26.4 Å². The van der Waals surface area contributed by atoms with Gasteiger partial charge >= 0.3 is 0 Å². The molecule has 0 spiro atoms. The van der Waals surface area contributed by atoms with Gasteiger partial charge in [0.05, 0.1) is 5.56 Å². The van der Waals surface area contributed by atoms with Gasteiger partial charge in [0, 0.05) is 42.2 Å². The molecule has 0 saturated carbocycles. The van der Waals surface area contributed by atoms with Crippen molar-refractivity contribution in [3.05, 3.63) is 65.6 Å². The van der Waals surface area contributed by atoms with Crippen molar-refractivity contribution in [1.82, 2.24) is 14.5 Å². The van der Waals surface area contributed by atoms with Crippen molar-refractivity contribution in [2.24, 2.45) is 0 Å². The summed E-state index contributed by atoms with van der Waals surface area (Å²) in [5.41, 5.74) is 0.635. The molecule has 0 aliphatic carbocycles. The average Bonchev–Trinajstić information content (AvgIpc) is 3.09. The topological polar surface area (TPSA) is 77.2 Å². The number of nitrogens with zero attached hydrogens (tertiary/aromatic N) is 3. The summed E-state index contributed by atoms with van der Waals surface area (Å²) in [5.74, 6) is 0.512. The van der Waals surface area contributed by atoms with Crippen molar-refractivity contribution < 1.29 is 19.0 Å². The third-order valence-electron chi connectivity index (χ3n) is 3.87. The first-order chi connectivity index (χ1) is 12.5. The number of benzene rings is 1. The summed E-state index contributed by atoms with van der Waals surface area (Å²) in [5, 5.41) is 9.70. The van der Waals surface area contributed by atoms with E-state index in [2.05, 4.69) is 9.97 Å². The molecule has 0 fully saturated rings. The molecule has 0 saturated heterocycles. The minimum atomic E-state index is -0.689. The zero-order chi connectivity index (χ0) is 18.7. The molecule has 2 aromatic heterocycles. The van der Waals surface area contributed by atoms with Gasteiger partial charge in [0.15, 0.2) is 6.29 Å². The number of hydrogen-bond acceptors (Lipinski definition) is 5. The lowest BCUT2D eigenvalue weighted by Gasteiger charge is -2.15. The largest absolute Gasteiger partial charge is 0.507 e. The predicted molar refractivity (Wildman–Crippen MR) is 93.2 cm³/mol. The van der Waals surface area contributed by atoms with Gasteiger partial charge in [0.1, 0.15) is 35.6 Å². The van der Waals surface area contributed by atoms with Crippen molar-refractivity contribution in [3.8, 4) is 17.3 Å². The Balaban J connectivity index is 1.93. The van der Waals surface area contributed by atoms with E-state index in [-0.39, 0.29) is 23.8 Å².